The van der Waals surface area contributed by atoms with Gasteiger partial charge in [-0.3, -0.25) is 0 Å². The number of hydrogen-bond acceptors (Lipinski definition) is 5. The molecular weight excluding hydrogens is 374 g/mol. The van der Waals surface area contributed by atoms with Crippen LogP contribution in [0.25, 0.3) is 33.1 Å². The number of ether oxygens (including phenoxy) is 1. The molecule has 3 N–H and O–H groups in total. The first-order chi connectivity index (χ1) is 14.6. The fourth-order valence-electron chi connectivity index (χ4n) is 4.29. The molecule has 1 aliphatic heterocycles. The first-order valence-electron chi connectivity index (χ1n) is 10.6. The van der Waals surface area contributed by atoms with Crippen LogP contribution in [0.1, 0.15) is 25.3 Å². The van der Waals surface area contributed by atoms with Gasteiger partial charge in [0.25, 0.3) is 0 Å². The van der Waals surface area contributed by atoms with E-state index in [1.807, 2.05) is 6.20 Å². The van der Waals surface area contributed by atoms with Gasteiger partial charge in [-0.2, -0.15) is 0 Å². The lowest BCUT2D eigenvalue weighted by Gasteiger charge is -2.31. The molecule has 0 bridgehead atoms. The van der Waals surface area contributed by atoms with Crippen molar-refractivity contribution in [3.05, 3.63) is 48.3 Å². The van der Waals surface area contributed by atoms with Gasteiger partial charge in [0.2, 0.25) is 0 Å². The van der Waals surface area contributed by atoms with Gasteiger partial charge >= 0.3 is 0 Å². The first-order valence-corrected chi connectivity index (χ1v) is 10.6. The van der Waals surface area contributed by atoms with Crippen LogP contribution in [-0.4, -0.2) is 45.6 Å². The highest BCUT2D eigenvalue weighted by molar-refractivity contribution is 6.11. The Morgan fingerprint density at radius 3 is 2.60 bits per heavy atom. The highest BCUT2D eigenvalue weighted by Gasteiger charge is 2.23. The average molecular weight is 402 g/mol. The van der Waals surface area contributed by atoms with Gasteiger partial charge in [0.15, 0.2) is 11.6 Å². The quantitative estimate of drug-likeness (QED) is 0.525. The van der Waals surface area contributed by atoms with Crippen molar-refractivity contribution in [2.45, 2.75) is 32.8 Å². The lowest BCUT2D eigenvalue weighted by molar-refractivity contribution is 0.105. The molecule has 30 heavy (non-hydrogen) atoms. The molecule has 1 aliphatic rings. The van der Waals surface area contributed by atoms with Crippen molar-refractivity contribution in [1.82, 2.24) is 19.9 Å². The summed E-state index contributed by atoms with van der Waals surface area (Å²) in [5.41, 5.74) is 11.5. The second kappa shape index (κ2) is 7.61. The van der Waals surface area contributed by atoms with E-state index in [0.717, 1.165) is 65.5 Å². The number of nitrogens with two attached hydrogens (primary N) is 1. The van der Waals surface area contributed by atoms with Crippen LogP contribution in [-0.2, 0) is 0 Å². The Morgan fingerprint density at radius 1 is 1.10 bits per heavy atom. The molecule has 0 radical (unpaired) electrons. The van der Waals surface area contributed by atoms with Crippen molar-refractivity contribution in [3.63, 3.8) is 0 Å². The van der Waals surface area contributed by atoms with Crippen LogP contribution in [0.5, 0.6) is 5.75 Å². The summed E-state index contributed by atoms with van der Waals surface area (Å²) in [4.78, 5) is 14.9. The van der Waals surface area contributed by atoms with Crippen LogP contribution in [0.2, 0.25) is 0 Å². The smallest absolute Gasteiger partial charge is 0.171 e. The number of fused-ring (bicyclic) bond motifs is 3. The van der Waals surface area contributed by atoms with Gasteiger partial charge < -0.3 is 20.4 Å². The van der Waals surface area contributed by atoms with Crippen LogP contribution in [0.4, 0.5) is 5.82 Å². The maximum atomic E-state index is 6.46. The lowest BCUT2D eigenvalue weighted by atomic mass is 10.0. The minimum Gasteiger partial charge on any atom is -0.486 e. The molecule has 6 nitrogen and oxygen atoms in total. The predicted molar refractivity (Wildman–Crippen MR) is 122 cm³/mol. The Labute approximate surface area is 176 Å². The summed E-state index contributed by atoms with van der Waals surface area (Å²) in [5, 5.41) is 1.98. The Kier molecular flexibility index (Phi) is 4.79. The fourth-order valence-corrected chi connectivity index (χ4v) is 4.29. The zero-order valence-electron chi connectivity index (χ0n) is 17.5. The zero-order chi connectivity index (χ0) is 20.7. The van der Waals surface area contributed by atoms with Crippen molar-refractivity contribution in [2.75, 3.05) is 25.4 Å². The third kappa shape index (κ3) is 3.37. The molecule has 1 fully saturated rings. The summed E-state index contributed by atoms with van der Waals surface area (Å²) >= 11 is 0. The molecule has 4 aromatic rings. The molecule has 0 atom stereocenters. The van der Waals surface area contributed by atoms with E-state index in [0.29, 0.717) is 11.6 Å². The van der Waals surface area contributed by atoms with Gasteiger partial charge in [-0.1, -0.05) is 36.8 Å². The van der Waals surface area contributed by atoms with Crippen LogP contribution in [0.3, 0.4) is 0 Å². The van der Waals surface area contributed by atoms with Gasteiger partial charge in [0.05, 0.1) is 17.1 Å². The normalized spacial score (nSPS) is 15.8. The molecule has 6 heteroatoms. The highest BCUT2D eigenvalue weighted by atomic mass is 16.5. The molecule has 1 saturated heterocycles. The van der Waals surface area contributed by atoms with Gasteiger partial charge in [-0.05, 0) is 37.9 Å². The van der Waals surface area contributed by atoms with E-state index in [4.69, 9.17) is 10.5 Å². The van der Waals surface area contributed by atoms with Gasteiger partial charge in [0, 0.05) is 30.2 Å². The predicted octanol–water partition coefficient (Wildman–Crippen LogP) is 4.53. The maximum absolute atomic E-state index is 6.46. The molecule has 0 amide bonds. The number of piperidine rings is 1. The van der Waals surface area contributed by atoms with E-state index < -0.39 is 0 Å². The van der Waals surface area contributed by atoms with Crippen LogP contribution >= 0.6 is 0 Å². The molecule has 3 aromatic heterocycles. The SMILES string of the molecule is CCN1CCC(Oc2c(N)ncc3[nH]c4ncc(-c5ccc(C)cc5)cc4c23)CC1. The summed E-state index contributed by atoms with van der Waals surface area (Å²) in [6.45, 7) is 7.49. The van der Waals surface area contributed by atoms with Crippen molar-refractivity contribution < 1.29 is 4.74 Å². The minimum absolute atomic E-state index is 0.153. The number of likely N-dealkylation sites (tertiary alicyclic amines) is 1. The van der Waals surface area contributed by atoms with E-state index in [1.165, 1.54) is 5.56 Å². The Bertz CT molecular complexity index is 1190. The molecule has 0 saturated carbocycles. The number of aromatic amines is 1. The van der Waals surface area contributed by atoms with Crippen LogP contribution < -0.4 is 10.5 Å². The summed E-state index contributed by atoms with van der Waals surface area (Å²) < 4.78 is 6.46. The average Bonchev–Trinajstić information content (AvgIpc) is 3.15. The second-order valence-corrected chi connectivity index (χ2v) is 8.12. The molecule has 1 aromatic carbocycles. The largest absolute Gasteiger partial charge is 0.486 e. The van der Waals surface area contributed by atoms with Crippen molar-refractivity contribution >= 4 is 27.8 Å². The van der Waals surface area contributed by atoms with E-state index in [1.54, 1.807) is 6.20 Å². The first kappa shape index (κ1) is 18.9. The molecule has 5 rings (SSSR count). The van der Waals surface area contributed by atoms with Crippen molar-refractivity contribution in [2.24, 2.45) is 0 Å². The number of nitrogens with zero attached hydrogens (tertiary/aromatic N) is 3. The molecule has 0 spiro atoms. The molecule has 0 unspecified atom stereocenters. The zero-order valence-corrected chi connectivity index (χ0v) is 17.5. The topological polar surface area (TPSA) is 80.1 Å². The summed E-state index contributed by atoms with van der Waals surface area (Å²) in [6, 6.07) is 10.7. The fraction of sp³-hybridized carbons (Fsp3) is 0.333. The van der Waals surface area contributed by atoms with Gasteiger partial charge in [-0.15, -0.1) is 0 Å². The number of aromatic nitrogens is 3. The van der Waals surface area contributed by atoms with E-state index in [2.05, 4.69) is 64.0 Å². The summed E-state index contributed by atoms with van der Waals surface area (Å²) in [5.74, 6) is 1.11. The lowest BCUT2D eigenvalue weighted by Crippen LogP contribution is -2.38. The second-order valence-electron chi connectivity index (χ2n) is 8.12. The number of nitrogens with one attached hydrogen (secondary N) is 1. The Morgan fingerprint density at radius 2 is 1.87 bits per heavy atom. The van der Waals surface area contributed by atoms with Gasteiger partial charge in [0.1, 0.15) is 11.8 Å². The minimum atomic E-state index is 0.153. The number of aryl methyl sites for hydroxylation is 1. The summed E-state index contributed by atoms with van der Waals surface area (Å²) in [6.07, 6.45) is 5.82. The van der Waals surface area contributed by atoms with Crippen molar-refractivity contribution in [3.8, 4) is 16.9 Å². The summed E-state index contributed by atoms with van der Waals surface area (Å²) in [7, 11) is 0. The van der Waals surface area contributed by atoms with E-state index in [9.17, 15) is 0 Å². The molecule has 154 valence electrons. The third-order valence-corrected chi connectivity index (χ3v) is 6.12. The van der Waals surface area contributed by atoms with Gasteiger partial charge in [-0.25, -0.2) is 9.97 Å². The van der Waals surface area contributed by atoms with E-state index in [-0.39, 0.29) is 6.10 Å². The number of pyridine rings is 2. The third-order valence-electron chi connectivity index (χ3n) is 6.12. The number of H-pyrrole nitrogens is 1. The molecular formula is C24H27N5O. The van der Waals surface area contributed by atoms with E-state index >= 15 is 0 Å². The number of rotatable bonds is 4. The molecule has 4 heterocycles. The number of nitrogen functional groups attached to an aromatic ring is 1. The molecule has 0 aliphatic carbocycles. The Hall–Kier alpha value is -3.12. The monoisotopic (exact) mass is 401 g/mol. The highest BCUT2D eigenvalue weighted by Crippen LogP contribution is 2.38. The van der Waals surface area contributed by atoms with Crippen LogP contribution in [0, 0.1) is 6.92 Å². The number of anilines is 1. The van der Waals surface area contributed by atoms with Crippen molar-refractivity contribution in [1.29, 1.82) is 0 Å². The number of hydrogen-bond donors (Lipinski definition) is 2. The maximum Gasteiger partial charge on any atom is 0.171 e. The standard InChI is InChI=1S/C24H27N5O/c1-3-29-10-8-18(9-11-29)30-22-21-19-12-17(16-6-4-15(2)5-7-16)13-27-24(19)28-20(21)14-26-23(22)25/h4-7,12-14,18H,3,8-11H2,1-2H3,(H2,25,26)(H,27,28). The number of benzene rings is 1. The van der Waals surface area contributed by atoms with Crippen LogP contribution in [0.15, 0.2) is 42.7 Å². The Balaban J connectivity index is 1.58.